The minimum Gasteiger partial charge on any atom is -0.393 e. The highest BCUT2D eigenvalue weighted by molar-refractivity contribution is 5.24. The van der Waals surface area contributed by atoms with Gasteiger partial charge in [0.15, 0.2) is 0 Å². The van der Waals surface area contributed by atoms with E-state index >= 15 is 0 Å². The molecular formula is C13H22O. The second-order valence-electron chi connectivity index (χ2n) is 5.88. The van der Waals surface area contributed by atoms with Gasteiger partial charge in [-0.1, -0.05) is 25.5 Å². The lowest BCUT2D eigenvalue weighted by atomic mass is 9.85. The number of fused-ring (bicyclic) bond motifs is 1. The van der Waals surface area contributed by atoms with Gasteiger partial charge >= 0.3 is 0 Å². The van der Waals surface area contributed by atoms with E-state index in [4.69, 9.17) is 0 Å². The SMILES string of the molecule is CC1=C[C@H]2[C@@H](C[C@H]1CC(C)O)C2(C)C. The largest absolute Gasteiger partial charge is 0.393 e. The van der Waals surface area contributed by atoms with Crippen LogP contribution < -0.4 is 0 Å². The molecule has 1 nitrogen and oxygen atoms in total. The van der Waals surface area contributed by atoms with Crippen molar-refractivity contribution >= 4 is 0 Å². The fourth-order valence-electron chi connectivity index (χ4n) is 3.17. The Morgan fingerprint density at radius 1 is 1.57 bits per heavy atom. The number of allylic oxidation sites excluding steroid dienone is 2. The molecule has 1 unspecified atom stereocenters. The summed E-state index contributed by atoms with van der Waals surface area (Å²) in [5.74, 6) is 2.35. The Morgan fingerprint density at radius 2 is 2.21 bits per heavy atom. The fourth-order valence-corrected chi connectivity index (χ4v) is 3.17. The molecule has 2 aliphatic rings. The lowest BCUT2D eigenvalue weighted by molar-refractivity contribution is 0.161. The molecule has 0 saturated heterocycles. The van der Waals surface area contributed by atoms with Gasteiger partial charge in [0, 0.05) is 0 Å². The first-order chi connectivity index (χ1) is 6.43. The average molecular weight is 194 g/mol. The average Bonchev–Trinajstić information content (AvgIpc) is 2.54. The van der Waals surface area contributed by atoms with Gasteiger partial charge in [-0.15, -0.1) is 0 Å². The van der Waals surface area contributed by atoms with Gasteiger partial charge < -0.3 is 5.11 Å². The smallest absolute Gasteiger partial charge is 0.0517 e. The molecule has 1 heteroatoms. The van der Waals surface area contributed by atoms with Crippen LogP contribution >= 0.6 is 0 Å². The van der Waals surface area contributed by atoms with Crippen molar-refractivity contribution in [3.8, 4) is 0 Å². The third kappa shape index (κ3) is 1.52. The van der Waals surface area contributed by atoms with Crippen molar-refractivity contribution in [2.75, 3.05) is 0 Å². The van der Waals surface area contributed by atoms with Gasteiger partial charge in [0.2, 0.25) is 0 Å². The van der Waals surface area contributed by atoms with E-state index in [1.807, 2.05) is 6.92 Å². The van der Waals surface area contributed by atoms with Crippen molar-refractivity contribution in [3.05, 3.63) is 11.6 Å². The van der Waals surface area contributed by atoms with Crippen molar-refractivity contribution in [1.82, 2.24) is 0 Å². The first kappa shape index (κ1) is 10.2. The van der Waals surface area contributed by atoms with Crippen LogP contribution in [0.25, 0.3) is 0 Å². The molecule has 4 atom stereocenters. The van der Waals surface area contributed by atoms with E-state index in [0.29, 0.717) is 11.3 Å². The summed E-state index contributed by atoms with van der Waals surface area (Å²) in [6.07, 6.45) is 4.55. The summed E-state index contributed by atoms with van der Waals surface area (Å²) in [6, 6.07) is 0. The number of hydrogen-bond acceptors (Lipinski definition) is 1. The summed E-state index contributed by atoms with van der Waals surface area (Å²) in [6.45, 7) is 8.88. The Bertz CT molecular complexity index is 262. The molecule has 2 rings (SSSR count). The second kappa shape index (κ2) is 3.10. The molecule has 0 aromatic carbocycles. The third-order valence-corrected chi connectivity index (χ3v) is 4.39. The van der Waals surface area contributed by atoms with Crippen LogP contribution in [0.2, 0.25) is 0 Å². The van der Waals surface area contributed by atoms with Crippen molar-refractivity contribution in [1.29, 1.82) is 0 Å². The molecule has 0 amide bonds. The molecular weight excluding hydrogens is 172 g/mol. The highest BCUT2D eigenvalue weighted by atomic mass is 16.3. The van der Waals surface area contributed by atoms with Crippen LogP contribution in [0.5, 0.6) is 0 Å². The quantitative estimate of drug-likeness (QED) is 0.670. The molecule has 1 saturated carbocycles. The predicted octanol–water partition coefficient (Wildman–Crippen LogP) is 3.00. The van der Waals surface area contributed by atoms with Crippen LogP contribution in [-0.2, 0) is 0 Å². The van der Waals surface area contributed by atoms with E-state index in [2.05, 4.69) is 26.8 Å². The Hall–Kier alpha value is -0.300. The van der Waals surface area contributed by atoms with E-state index in [9.17, 15) is 5.11 Å². The molecule has 1 fully saturated rings. The Balaban J connectivity index is 2.05. The maximum Gasteiger partial charge on any atom is 0.0517 e. The van der Waals surface area contributed by atoms with Gasteiger partial charge in [0.1, 0.15) is 0 Å². The van der Waals surface area contributed by atoms with E-state index in [0.717, 1.165) is 18.3 Å². The van der Waals surface area contributed by atoms with Gasteiger partial charge in [-0.3, -0.25) is 0 Å². The molecule has 0 radical (unpaired) electrons. The molecule has 80 valence electrons. The van der Waals surface area contributed by atoms with Crippen molar-refractivity contribution in [2.24, 2.45) is 23.2 Å². The van der Waals surface area contributed by atoms with Gasteiger partial charge in [0.25, 0.3) is 0 Å². The number of hydrogen-bond donors (Lipinski definition) is 1. The zero-order valence-electron chi connectivity index (χ0n) is 9.75. The standard InChI is InChI=1S/C13H22O/c1-8-5-11-12(13(11,3)4)7-10(8)6-9(2)14/h5,9-12,14H,6-7H2,1-4H3/t9?,10-,11+,12-/m1/s1. The zero-order valence-corrected chi connectivity index (χ0v) is 9.75. The van der Waals surface area contributed by atoms with Crippen molar-refractivity contribution < 1.29 is 5.11 Å². The molecule has 0 spiro atoms. The lowest BCUT2D eigenvalue weighted by Crippen LogP contribution is -2.15. The Kier molecular flexibility index (Phi) is 2.26. The van der Waals surface area contributed by atoms with Crippen LogP contribution in [0.1, 0.15) is 40.5 Å². The summed E-state index contributed by atoms with van der Waals surface area (Å²) in [4.78, 5) is 0. The zero-order chi connectivity index (χ0) is 10.5. The first-order valence-electron chi connectivity index (χ1n) is 5.79. The maximum atomic E-state index is 9.43. The fraction of sp³-hybridized carbons (Fsp3) is 0.846. The van der Waals surface area contributed by atoms with Gasteiger partial charge in [-0.2, -0.15) is 0 Å². The number of aliphatic hydroxyl groups excluding tert-OH is 1. The lowest BCUT2D eigenvalue weighted by Gasteiger charge is -2.22. The summed E-state index contributed by atoms with van der Waals surface area (Å²) >= 11 is 0. The third-order valence-electron chi connectivity index (χ3n) is 4.39. The normalized spacial score (nSPS) is 41.2. The monoisotopic (exact) mass is 194 g/mol. The highest BCUT2D eigenvalue weighted by Crippen LogP contribution is 2.64. The molecule has 0 aliphatic heterocycles. The van der Waals surface area contributed by atoms with Gasteiger partial charge in [-0.05, 0) is 49.9 Å². The Morgan fingerprint density at radius 3 is 2.79 bits per heavy atom. The predicted molar refractivity (Wildman–Crippen MR) is 58.9 cm³/mol. The summed E-state index contributed by atoms with van der Waals surface area (Å²) in [7, 11) is 0. The van der Waals surface area contributed by atoms with Gasteiger partial charge in [0.05, 0.1) is 6.10 Å². The van der Waals surface area contributed by atoms with E-state index in [1.54, 1.807) is 0 Å². The second-order valence-corrected chi connectivity index (χ2v) is 5.88. The van der Waals surface area contributed by atoms with Crippen molar-refractivity contribution in [2.45, 2.75) is 46.6 Å². The molecule has 0 aromatic heterocycles. The number of aliphatic hydroxyl groups is 1. The van der Waals surface area contributed by atoms with E-state index in [-0.39, 0.29) is 6.10 Å². The van der Waals surface area contributed by atoms with E-state index in [1.165, 1.54) is 12.0 Å². The van der Waals surface area contributed by atoms with Gasteiger partial charge in [-0.25, -0.2) is 0 Å². The van der Waals surface area contributed by atoms with Crippen LogP contribution in [0, 0.1) is 23.2 Å². The molecule has 0 bridgehead atoms. The molecule has 1 N–H and O–H groups in total. The molecule has 0 aromatic rings. The number of rotatable bonds is 2. The summed E-state index contributed by atoms with van der Waals surface area (Å²) in [5.41, 5.74) is 2.05. The maximum absolute atomic E-state index is 9.43. The molecule has 0 heterocycles. The Labute approximate surface area is 87.2 Å². The summed E-state index contributed by atoms with van der Waals surface area (Å²) < 4.78 is 0. The van der Waals surface area contributed by atoms with Crippen LogP contribution in [0.3, 0.4) is 0 Å². The van der Waals surface area contributed by atoms with E-state index < -0.39 is 0 Å². The van der Waals surface area contributed by atoms with Crippen LogP contribution in [0.4, 0.5) is 0 Å². The molecule has 2 aliphatic carbocycles. The summed E-state index contributed by atoms with van der Waals surface area (Å²) in [5, 5.41) is 9.43. The first-order valence-corrected chi connectivity index (χ1v) is 5.79. The van der Waals surface area contributed by atoms with Crippen molar-refractivity contribution in [3.63, 3.8) is 0 Å². The minimum absolute atomic E-state index is 0.151. The molecule has 14 heavy (non-hydrogen) atoms. The van der Waals surface area contributed by atoms with Crippen LogP contribution in [-0.4, -0.2) is 11.2 Å². The minimum atomic E-state index is -0.151. The highest BCUT2D eigenvalue weighted by Gasteiger charge is 2.58. The van der Waals surface area contributed by atoms with Crippen LogP contribution in [0.15, 0.2) is 11.6 Å². The topological polar surface area (TPSA) is 20.2 Å².